The zero-order valence-corrected chi connectivity index (χ0v) is 10.6. The zero-order valence-electron chi connectivity index (χ0n) is 10.6. The first kappa shape index (κ1) is 12.9. The number of nitrogens with two attached hydrogens (primary N) is 2. The lowest BCUT2D eigenvalue weighted by Gasteiger charge is -2.11. The van der Waals surface area contributed by atoms with Crippen LogP contribution in [-0.2, 0) is 6.42 Å². The molecule has 0 heterocycles. The molecule has 0 aliphatic rings. The topological polar surface area (TPSA) is 69.1 Å². The summed E-state index contributed by atoms with van der Waals surface area (Å²) in [5, 5.41) is 0. The monoisotopic (exact) mass is 252 g/mol. The van der Waals surface area contributed by atoms with Crippen LogP contribution in [0.1, 0.15) is 21.5 Å². The lowest BCUT2D eigenvalue weighted by Crippen LogP contribution is -2.09. The summed E-state index contributed by atoms with van der Waals surface area (Å²) in [6, 6.07) is 12.6. The third-order valence-electron chi connectivity index (χ3n) is 3.02. The summed E-state index contributed by atoms with van der Waals surface area (Å²) >= 11 is 0. The summed E-state index contributed by atoms with van der Waals surface area (Å²) in [5.74, 6) is -0.116. The second kappa shape index (κ2) is 5.40. The van der Waals surface area contributed by atoms with E-state index in [1.54, 1.807) is 24.3 Å². The van der Waals surface area contributed by atoms with Crippen molar-refractivity contribution in [2.75, 3.05) is 11.5 Å². The van der Waals surface area contributed by atoms with Crippen molar-refractivity contribution >= 4 is 17.2 Å². The van der Waals surface area contributed by atoms with E-state index in [1.165, 1.54) is 0 Å². The molecule has 0 atom stereocenters. The molecule has 2 rings (SSSR count). The molecular weight excluding hydrogens is 236 g/mol. The molecule has 0 aromatic heterocycles. The molecule has 0 aliphatic heterocycles. The number of ketones is 1. The normalized spacial score (nSPS) is 10.1. The number of rotatable bonds is 4. The summed E-state index contributed by atoms with van der Waals surface area (Å²) in [7, 11) is 0. The minimum absolute atomic E-state index is 0.116. The Morgan fingerprint density at radius 2 is 1.74 bits per heavy atom. The molecule has 0 bridgehead atoms. The standard InChI is InChI=1S/C16H16N2O/c1-2-6-11-9-10-13(15(18)14(11)17)16(19)12-7-4-3-5-8-12/h2-5,7-10H,1,6,17-18H2. The average Bonchev–Trinajstić information content (AvgIpc) is 2.45. The van der Waals surface area contributed by atoms with E-state index in [2.05, 4.69) is 6.58 Å². The predicted octanol–water partition coefficient (Wildman–Crippen LogP) is 2.81. The largest absolute Gasteiger partial charge is 0.397 e. The quantitative estimate of drug-likeness (QED) is 0.499. The highest BCUT2D eigenvalue weighted by Gasteiger charge is 2.15. The second-order valence-electron chi connectivity index (χ2n) is 4.29. The van der Waals surface area contributed by atoms with Crippen molar-refractivity contribution in [1.29, 1.82) is 0 Å². The fourth-order valence-corrected chi connectivity index (χ4v) is 1.96. The minimum Gasteiger partial charge on any atom is -0.397 e. The number of nitrogen functional groups attached to an aromatic ring is 2. The number of hydrogen-bond acceptors (Lipinski definition) is 3. The molecule has 0 spiro atoms. The Morgan fingerprint density at radius 3 is 2.37 bits per heavy atom. The van der Waals surface area contributed by atoms with Crippen molar-refractivity contribution in [3.63, 3.8) is 0 Å². The van der Waals surface area contributed by atoms with E-state index >= 15 is 0 Å². The van der Waals surface area contributed by atoms with E-state index in [4.69, 9.17) is 11.5 Å². The average molecular weight is 252 g/mol. The Morgan fingerprint density at radius 1 is 1.05 bits per heavy atom. The smallest absolute Gasteiger partial charge is 0.195 e. The van der Waals surface area contributed by atoms with Crippen LogP contribution in [-0.4, -0.2) is 5.78 Å². The molecule has 0 unspecified atom stereocenters. The molecule has 2 aromatic rings. The molecule has 3 heteroatoms. The molecule has 0 radical (unpaired) electrons. The summed E-state index contributed by atoms with van der Waals surface area (Å²) in [6.45, 7) is 3.67. The maximum Gasteiger partial charge on any atom is 0.195 e. The van der Waals surface area contributed by atoms with E-state index in [1.807, 2.05) is 24.3 Å². The van der Waals surface area contributed by atoms with E-state index < -0.39 is 0 Å². The molecule has 96 valence electrons. The van der Waals surface area contributed by atoms with Gasteiger partial charge in [0.1, 0.15) is 0 Å². The van der Waals surface area contributed by atoms with E-state index in [0.717, 1.165) is 5.56 Å². The Hall–Kier alpha value is -2.55. The SMILES string of the molecule is C=CCc1ccc(C(=O)c2ccccc2)c(N)c1N. The maximum atomic E-state index is 12.3. The zero-order chi connectivity index (χ0) is 13.8. The number of carbonyl (C=O) groups excluding carboxylic acids is 1. The van der Waals surface area contributed by atoms with Crippen molar-refractivity contribution in [1.82, 2.24) is 0 Å². The number of carbonyl (C=O) groups is 1. The second-order valence-corrected chi connectivity index (χ2v) is 4.29. The highest BCUT2D eigenvalue weighted by molar-refractivity contribution is 6.13. The van der Waals surface area contributed by atoms with Crippen LogP contribution in [0.5, 0.6) is 0 Å². The maximum absolute atomic E-state index is 12.3. The lowest BCUT2D eigenvalue weighted by molar-refractivity contribution is 0.103. The Balaban J connectivity index is 2.44. The van der Waals surface area contributed by atoms with Crippen molar-refractivity contribution in [3.05, 3.63) is 71.8 Å². The molecule has 4 N–H and O–H groups in total. The van der Waals surface area contributed by atoms with Crippen LogP contribution in [0.3, 0.4) is 0 Å². The van der Waals surface area contributed by atoms with Gasteiger partial charge in [-0.3, -0.25) is 4.79 Å². The van der Waals surface area contributed by atoms with Gasteiger partial charge in [0, 0.05) is 11.1 Å². The number of hydrogen-bond donors (Lipinski definition) is 2. The van der Waals surface area contributed by atoms with E-state index in [0.29, 0.717) is 28.9 Å². The lowest BCUT2D eigenvalue weighted by atomic mass is 9.97. The fourth-order valence-electron chi connectivity index (χ4n) is 1.96. The number of anilines is 2. The Bertz CT molecular complexity index is 618. The van der Waals surface area contributed by atoms with Crippen LogP contribution in [0.2, 0.25) is 0 Å². The van der Waals surface area contributed by atoms with Gasteiger partial charge in [0.2, 0.25) is 0 Å². The van der Waals surface area contributed by atoms with Gasteiger partial charge in [-0.05, 0) is 18.1 Å². The van der Waals surface area contributed by atoms with Gasteiger partial charge in [0.05, 0.1) is 11.4 Å². The van der Waals surface area contributed by atoms with Gasteiger partial charge >= 0.3 is 0 Å². The third kappa shape index (κ3) is 2.50. The molecule has 19 heavy (non-hydrogen) atoms. The van der Waals surface area contributed by atoms with Gasteiger partial charge in [-0.2, -0.15) is 0 Å². The van der Waals surface area contributed by atoms with Crippen LogP contribution < -0.4 is 11.5 Å². The summed E-state index contributed by atoms with van der Waals surface area (Å²) < 4.78 is 0. The van der Waals surface area contributed by atoms with Crippen molar-refractivity contribution in [2.24, 2.45) is 0 Å². The molecule has 3 nitrogen and oxygen atoms in total. The highest BCUT2D eigenvalue weighted by Crippen LogP contribution is 2.27. The van der Waals surface area contributed by atoms with Gasteiger partial charge in [0.15, 0.2) is 5.78 Å². The van der Waals surface area contributed by atoms with Gasteiger partial charge in [-0.15, -0.1) is 6.58 Å². The first-order chi connectivity index (χ1) is 9.15. The third-order valence-corrected chi connectivity index (χ3v) is 3.02. The van der Waals surface area contributed by atoms with Crippen LogP contribution in [0.25, 0.3) is 0 Å². The fraction of sp³-hybridized carbons (Fsp3) is 0.0625. The Labute approximate surface area is 112 Å². The summed E-state index contributed by atoms with van der Waals surface area (Å²) in [6.07, 6.45) is 2.39. The Kier molecular flexibility index (Phi) is 3.66. The van der Waals surface area contributed by atoms with Gasteiger partial charge in [0.25, 0.3) is 0 Å². The predicted molar refractivity (Wildman–Crippen MR) is 79.0 cm³/mol. The molecule has 0 fully saturated rings. The van der Waals surface area contributed by atoms with Gasteiger partial charge < -0.3 is 11.5 Å². The van der Waals surface area contributed by atoms with Gasteiger partial charge in [-0.25, -0.2) is 0 Å². The molecule has 0 amide bonds. The number of benzene rings is 2. The molecule has 0 aliphatic carbocycles. The molecule has 0 saturated carbocycles. The first-order valence-electron chi connectivity index (χ1n) is 6.02. The summed E-state index contributed by atoms with van der Waals surface area (Å²) in [4.78, 5) is 12.3. The van der Waals surface area contributed by atoms with Crippen LogP contribution in [0.15, 0.2) is 55.1 Å². The van der Waals surface area contributed by atoms with Crippen LogP contribution in [0.4, 0.5) is 11.4 Å². The van der Waals surface area contributed by atoms with E-state index in [-0.39, 0.29) is 5.78 Å². The van der Waals surface area contributed by atoms with Crippen molar-refractivity contribution in [3.8, 4) is 0 Å². The highest BCUT2D eigenvalue weighted by atomic mass is 16.1. The van der Waals surface area contributed by atoms with Crippen molar-refractivity contribution < 1.29 is 4.79 Å². The van der Waals surface area contributed by atoms with E-state index in [9.17, 15) is 4.79 Å². The van der Waals surface area contributed by atoms with Crippen LogP contribution in [0, 0.1) is 0 Å². The van der Waals surface area contributed by atoms with Crippen LogP contribution >= 0.6 is 0 Å². The minimum atomic E-state index is -0.116. The van der Waals surface area contributed by atoms with Gasteiger partial charge in [-0.1, -0.05) is 42.5 Å². The molecule has 0 saturated heterocycles. The molecular formula is C16H16N2O. The van der Waals surface area contributed by atoms with Crippen molar-refractivity contribution in [2.45, 2.75) is 6.42 Å². The first-order valence-corrected chi connectivity index (χ1v) is 6.02. The number of allylic oxidation sites excluding steroid dienone is 1. The molecule has 2 aromatic carbocycles. The summed E-state index contributed by atoms with van der Waals surface area (Å²) in [5.41, 5.74) is 14.7.